The Balaban J connectivity index is 1.95. The Labute approximate surface area is 157 Å². The average Bonchev–Trinajstić information content (AvgIpc) is 3.15. The highest BCUT2D eigenvalue weighted by molar-refractivity contribution is 5.88. The summed E-state index contributed by atoms with van der Waals surface area (Å²) in [6.07, 6.45) is 6.30. The molecular formula is C18H23N5O4. The SMILES string of the molecule is CC(=O)OC[C@H]1[CH][CH][C@@H](c2c[nH]c3c(N)ncnc23)N1C(=O)OC(C)(C)C. The summed E-state index contributed by atoms with van der Waals surface area (Å²) in [5.74, 6) is -0.0860. The molecule has 1 aliphatic heterocycles. The lowest BCUT2D eigenvalue weighted by atomic mass is 10.1. The van der Waals surface area contributed by atoms with Gasteiger partial charge in [-0.05, 0) is 33.6 Å². The molecule has 1 amide bonds. The first kappa shape index (κ1) is 18.9. The Kier molecular flexibility index (Phi) is 4.95. The van der Waals surface area contributed by atoms with Crippen molar-refractivity contribution in [2.24, 2.45) is 0 Å². The van der Waals surface area contributed by atoms with Gasteiger partial charge in [-0.25, -0.2) is 14.8 Å². The molecule has 2 atom stereocenters. The minimum atomic E-state index is -0.664. The molecule has 0 aliphatic carbocycles. The average molecular weight is 373 g/mol. The molecule has 0 saturated carbocycles. The van der Waals surface area contributed by atoms with E-state index in [9.17, 15) is 9.59 Å². The van der Waals surface area contributed by atoms with Gasteiger partial charge in [0.1, 0.15) is 24.1 Å². The molecular weight excluding hydrogens is 350 g/mol. The van der Waals surface area contributed by atoms with Crippen molar-refractivity contribution in [3.8, 4) is 0 Å². The van der Waals surface area contributed by atoms with Gasteiger partial charge in [0.25, 0.3) is 0 Å². The van der Waals surface area contributed by atoms with Gasteiger partial charge in [0.2, 0.25) is 0 Å². The molecule has 0 unspecified atom stereocenters. The van der Waals surface area contributed by atoms with E-state index in [2.05, 4.69) is 15.0 Å². The van der Waals surface area contributed by atoms with E-state index >= 15 is 0 Å². The Hall–Kier alpha value is -2.84. The van der Waals surface area contributed by atoms with Crippen LogP contribution in [-0.4, -0.2) is 50.2 Å². The topological polar surface area (TPSA) is 123 Å². The van der Waals surface area contributed by atoms with E-state index < -0.39 is 29.7 Å². The number of nitrogens with zero attached hydrogens (tertiary/aromatic N) is 3. The van der Waals surface area contributed by atoms with Crippen LogP contribution >= 0.6 is 0 Å². The van der Waals surface area contributed by atoms with Crippen LogP contribution in [0.2, 0.25) is 0 Å². The van der Waals surface area contributed by atoms with E-state index in [0.29, 0.717) is 16.9 Å². The molecule has 9 heteroatoms. The number of fused-ring (bicyclic) bond motifs is 1. The molecule has 0 bridgehead atoms. The van der Waals surface area contributed by atoms with Gasteiger partial charge < -0.3 is 20.2 Å². The second-order valence-electron chi connectivity index (χ2n) is 7.31. The van der Waals surface area contributed by atoms with Gasteiger partial charge in [-0.1, -0.05) is 0 Å². The van der Waals surface area contributed by atoms with Crippen molar-refractivity contribution in [3.05, 3.63) is 30.9 Å². The maximum Gasteiger partial charge on any atom is 0.411 e. The fourth-order valence-electron chi connectivity index (χ4n) is 2.99. The molecule has 3 N–H and O–H groups in total. The summed E-state index contributed by atoms with van der Waals surface area (Å²) >= 11 is 0. The number of ether oxygens (including phenoxy) is 2. The molecule has 3 rings (SSSR count). The van der Waals surface area contributed by atoms with E-state index in [1.165, 1.54) is 18.2 Å². The molecule has 0 aromatic carbocycles. The van der Waals surface area contributed by atoms with Gasteiger partial charge in [-0.15, -0.1) is 0 Å². The van der Waals surface area contributed by atoms with Crippen molar-refractivity contribution in [3.63, 3.8) is 0 Å². The second kappa shape index (κ2) is 7.05. The van der Waals surface area contributed by atoms with Crippen LogP contribution in [-0.2, 0) is 14.3 Å². The lowest BCUT2D eigenvalue weighted by molar-refractivity contribution is -0.142. The van der Waals surface area contributed by atoms with E-state index in [1.54, 1.807) is 27.0 Å². The van der Waals surface area contributed by atoms with Gasteiger partial charge >= 0.3 is 12.1 Å². The Morgan fingerprint density at radius 2 is 2.04 bits per heavy atom. The predicted octanol–water partition coefficient (Wildman–Crippen LogP) is 2.17. The van der Waals surface area contributed by atoms with Gasteiger partial charge in [0.15, 0.2) is 5.82 Å². The summed E-state index contributed by atoms with van der Waals surface area (Å²) in [6, 6.07) is -0.888. The highest BCUT2D eigenvalue weighted by Crippen LogP contribution is 2.39. The standard InChI is InChI=1S/C18H23N5O4/c1-10(24)26-8-11-5-6-13(23(11)17(25)27-18(2,3)4)12-7-20-15-14(12)21-9-22-16(15)19/h5-7,9,11,13,20H,8H2,1-4H3,(H2,19,21,22)/t11-,13+/m1/s1. The minimum Gasteiger partial charge on any atom is -0.464 e. The first-order valence-electron chi connectivity index (χ1n) is 8.58. The van der Waals surface area contributed by atoms with Gasteiger partial charge in [0.05, 0.1) is 17.6 Å². The molecule has 1 saturated heterocycles. The number of carbonyl (C=O) groups is 2. The predicted molar refractivity (Wildman–Crippen MR) is 98.1 cm³/mol. The van der Waals surface area contributed by atoms with Crippen molar-refractivity contribution in [1.29, 1.82) is 0 Å². The number of nitrogens with two attached hydrogens (primary N) is 1. The Morgan fingerprint density at radius 1 is 1.30 bits per heavy atom. The van der Waals surface area contributed by atoms with Crippen molar-refractivity contribution in [1.82, 2.24) is 19.9 Å². The Morgan fingerprint density at radius 3 is 2.70 bits per heavy atom. The molecule has 1 fully saturated rings. The van der Waals surface area contributed by atoms with Crippen molar-refractivity contribution < 1.29 is 19.1 Å². The fraction of sp³-hybridized carbons (Fsp3) is 0.444. The fourth-order valence-corrected chi connectivity index (χ4v) is 2.99. The highest BCUT2D eigenvalue weighted by Gasteiger charge is 2.42. The van der Waals surface area contributed by atoms with Crippen LogP contribution in [0.1, 0.15) is 39.3 Å². The zero-order valence-corrected chi connectivity index (χ0v) is 15.7. The molecule has 1 aliphatic rings. The zero-order valence-electron chi connectivity index (χ0n) is 15.7. The number of amides is 1. The van der Waals surface area contributed by atoms with Crippen LogP contribution in [0.3, 0.4) is 0 Å². The summed E-state index contributed by atoms with van der Waals surface area (Å²) in [7, 11) is 0. The van der Waals surface area contributed by atoms with Crippen LogP contribution in [0.5, 0.6) is 0 Å². The van der Waals surface area contributed by atoms with E-state index in [4.69, 9.17) is 15.2 Å². The number of H-pyrrole nitrogens is 1. The number of hydrogen-bond donors (Lipinski definition) is 2. The number of carbonyl (C=O) groups excluding carboxylic acids is 2. The number of rotatable bonds is 3. The van der Waals surface area contributed by atoms with E-state index in [-0.39, 0.29) is 6.61 Å². The number of likely N-dealkylation sites (tertiary alicyclic amines) is 1. The lowest BCUT2D eigenvalue weighted by Crippen LogP contribution is -2.43. The first-order valence-corrected chi connectivity index (χ1v) is 8.58. The number of nitrogens with one attached hydrogen (secondary N) is 1. The van der Waals surface area contributed by atoms with Crippen molar-refractivity contribution in [2.75, 3.05) is 12.3 Å². The molecule has 2 radical (unpaired) electrons. The molecule has 2 aromatic rings. The summed E-state index contributed by atoms with van der Waals surface area (Å²) in [4.78, 5) is 36.9. The Bertz CT molecular complexity index is 857. The third-order valence-corrected chi connectivity index (χ3v) is 4.07. The molecule has 144 valence electrons. The second-order valence-corrected chi connectivity index (χ2v) is 7.31. The number of aromatic amines is 1. The number of hydrogen-bond acceptors (Lipinski definition) is 7. The minimum absolute atomic E-state index is 0.0427. The molecule has 0 spiro atoms. The summed E-state index contributed by atoms with van der Waals surface area (Å²) in [6.45, 7) is 6.76. The van der Waals surface area contributed by atoms with Crippen LogP contribution in [0, 0.1) is 12.8 Å². The van der Waals surface area contributed by atoms with Crippen LogP contribution < -0.4 is 5.73 Å². The maximum absolute atomic E-state index is 12.9. The normalized spacial score (nSPS) is 20.1. The van der Waals surface area contributed by atoms with Gasteiger partial charge in [-0.2, -0.15) is 0 Å². The molecule has 27 heavy (non-hydrogen) atoms. The largest absolute Gasteiger partial charge is 0.464 e. The zero-order chi connectivity index (χ0) is 19.8. The monoisotopic (exact) mass is 373 g/mol. The van der Waals surface area contributed by atoms with E-state index in [1.807, 2.05) is 12.8 Å². The van der Waals surface area contributed by atoms with Gasteiger partial charge in [-0.3, -0.25) is 9.69 Å². The molecule has 9 nitrogen and oxygen atoms in total. The van der Waals surface area contributed by atoms with E-state index in [0.717, 1.165) is 5.56 Å². The number of nitrogen functional groups attached to an aromatic ring is 1. The molecule has 2 aromatic heterocycles. The van der Waals surface area contributed by atoms with Crippen molar-refractivity contribution in [2.45, 2.75) is 45.4 Å². The number of esters is 1. The third-order valence-electron chi connectivity index (χ3n) is 4.07. The molecule has 3 heterocycles. The third kappa shape index (κ3) is 3.96. The summed E-state index contributed by atoms with van der Waals surface area (Å²) < 4.78 is 10.7. The summed E-state index contributed by atoms with van der Waals surface area (Å²) in [5.41, 5.74) is 7.21. The van der Waals surface area contributed by atoms with Crippen molar-refractivity contribution >= 4 is 28.9 Å². The maximum atomic E-state index is 12.9. The first-order chi connectivity index (χ1) is 12.7. The summed E-state index contributed by atoms with van der Waals surface area (Å²) in [5, 5.41) is 0. The van der Waals surface area contributed by atoms with Gasteiger partial charge in [0, 0.05) is 18.7 Å². The number of anilines is 1. The number of aromatic nitrogens is 3. The van der Waals surface area contributed by atoms with Crippen LogP contribution in [0.25, 0.3) is 11.0 Å². The van der Waals surface area contributed by atoms with Crippen LogP contribution in [0.4, 0.5) is 10.6 Å². The quantitative estimate of drug-likeness (QED) is 0.790. The smallest absolute Gasteiger partial charge is 0.411 e. The highest BCUT2D eigenvalue weighted by atomic mass is 16.6. The lowest BCUT2D eigenvalue weighted by Gasteiger charge is -2.32. The van der Waals surface area contributed by atoms with Crippen LogP contribution in [0.15, 0.2) is 12.5 Å².